The van der Waals surface area contributed by atoms with Gasteiger partial charge in [-0.2, -0.15) is 0 Å². The molecule has 0 aromatic rings. The van der Waals surface area contributed by atoms with Crippen molar-refractivity contribution in [2.24, 2.45) is 0 Å². The van der Waals surface area contributed by atoms with Crippen LogP contribution in [0.4, 0.5) is 0 Å². The standard InChI is InChI=1S/B5H3O9/c6-1-11-3(8)13-5(10)14-4(9)12-2-7/h8-10H. The normalized spacial score (nSPS) is 8.21. The van der Waals surface area contributed by atoms with Gasteiger partial charge in [-0.1, -0.05) is 0 Å². The quantitative estimate of drug-likeness (QED) is 0.335. The molecule has 0 heterocycles. The molecule has 0 spiro atoms. The third kappa shape index (κ3) is 6.80. The third-order valence-corrected chi connectivity index (χ3v) is 0.810. The van der Waals surface area contributed by atoms with Crippen molar-refractivity contribution in [3.63, 3.8) is 0 Å². The van der Waals surface area contributed by atoms with E-state index < -0.39 is 22.0 Å². The van der Waals surface area contributed by atoms with Gasteiger partial charge < -0.3 is 0 Å². The van der Waals surface area contributed by atoms with Gasteiger partial charge in [-0.05, 0) is 0 Å². The van der Waals surface area contributed by atoms with E-state index in [1.54, 1.807) is 0 Å². The second kappa shape index (κ2) is 7.70. The molecule has 14 heavy (non-hydrogen) atoms. The van der Waals surface area contributed by atoms with Gasteiger partial charge in [-0.25, -0.2) is 0 Å². The van der Waals surface area contributed by atoms with Gasteiger partial charge in [0.15, 0.2) is 0 Å². The fraction of sp³-hybridized carbons (Fsp3) is 0. The Morgan fingerprint density at radius 2 is 1.14 bits per heavy atom. The van der Waals surface area contributed by atoms with E-state index in [0.717, 1.165) is 0 Å². The fourth-order valence-corrected chi connectivity index (χ4v) is 0.390. The Hall–Kier alpha value is -0.675. The van der Waals surface area contributed by atoms with E-state index in [1.165, 1.54) is 0 Å². The van der Waals surface area contributed by atoms with E-state index in [1.807, 2.05) is 0 Å². The van der Waals surface area contributed by atoms with Crippen LogP contribution < -0.4 is 0 Å². The Labute approximate surface area is 80.4 Å². The van der Waals surface area contributed by atoms with Crippen molar-refractivity contribution >= 4 is 36.7 Å². The van der Waals surface area contributed by atoms with Crippen molar-refractivity contribution in [3.8, 4) is 0 Å². The van der Waals surface area contributed by atoms with E-state index in [0.29, 0.717) is 0 Å². The first-order chi connectivity index (χ1) is 6.60. The average Bonchev–Trinajstić information content (AvgIpc) is 2.03. The molecule has 0 saturated carbocycles. The van der Waals surface area contributed by atoms with E-state index in [9.17, 15) is 9.41 Å². The van der Waals surface area contributed by atoms with Crippen molar-refractivity contribution < 1.29 is 42.8 Å². The molecule has 0 saturated heterocycles. The Bertz CT molecular complexity index is 153. The molecule has 0 atom stereocenters. The van der Waals surface area contributed by atoms with Gasteiger partial charge in [-0.15, -0.1) is 0 Å². The molecule has 72 valence electrons. The zero-order valence-electron chi connectivity index (χ0n) is 6.68. The van der Waals surface area contributed by atoms with Gasteiger partial charge in [-0.3, -0.25) is 0 Å². The van der Waals surface area contributed by atoms with Crippen LogP contribution in [-0.2, 0) is 27.7 Å². The summed E-state index contributed by atoms with van der Waals surface area (Å²) in [5, 5.41) is 25.8. The summed E-state index contributed by atoms with van der Waals surface area (Å²) in [6, 6.07) is 0. The molecule has 0 radical (unpaired) electrons. The predicted molar refractivity (Wildman–Crippen MR) is 41.1 cm³/mol. The molecule has 0 rings (SSSR count). The molecular weight excluding hydrogens is 198 g/mol. The molecule has 3 N–H and O–H groups in total. The number of hydrogen-bond donors (Lipinski definition) is 3. The topological polar surface area (TPSA) is 132 Å². The Morgan fingerprint density at radius 3 is 1.43 bits per heavy atom. The van der Waals surface area contributed by atoms with E-state index in [-0.39, 0.29) is 14.7 Å². The minimum absolute atomic E-state index is 0.143. The van der Waals surface area contributed by atoms with Crippen LogP contribution in [0.5, 0.6) is 0 Å². The molecule has 0 unspecified atom stereocenters. The molecule has 0 fully saturated rings. The summed E-state index contributed by atoms with van der Waals surface area (Å²) >= 11 is 0. The van der Waals surface area contributed by atoms with Crippen LogP contribution in [0.25, 0.3) is 0 Å². The van der Waals surface area contributed by atoms with Crippen LogP contribution in [0.2, 0.25) is 0 Å². The van der Waals surface area contributed by atoms with Gasteiger partial charge in [0, 0.05) is 0 Å². The Morgan fingerprint density at radius 1 is 0.786 bits per heavy atom. The third-order valence-electron chi connectivity index (χ3n) is 0.810. The van der Waals surface area contributed by atoms with Crippen LogP contribution in [0, 0.1) is 0 Å². The number of rotatable bonds is 8. The number of hydrogen-bond acceptors (Lipinski definition) is 9. The van der Waals surface area contributed by atoms with Crippen molar-refractivity contribution in [1.29, 1.82) is 0 Å². The van der Waals surface area contributed by atoms with Gasteiger partial charge in [0.25, 0.3) is 0 Å². The summed E-state index contributed by atoms with van der Waals surface area (Å²) in [7, 11) is -6.55. The summed E-state index contributed by atoms with van der Waals surface area (Å²) in [4.78, 5) is 0. The first kappa shape index (κ1) is 13.3. The van der Waals surface area contributed by atoms with Crippen LogP contribution in [0.15, 0.2) is 0 Å². The Balaban J connectivity index is 3.67. The van der Waals surface area contributed by atoms with Crippen molar-refractivity contribution in [3.05, 3.63) is 0 Å². The maximum atomic E-state index is 9.62. The summed E-state index contributed by atoms with van der Waals surface area (Å²) in [5.74, 6) is 0. The summed E-state index contributed by atoms with van der Waals surface area (Å²) < 4.78 is 34.8. The molecule has 0 aromatic heterocycles. The van der Waals surface area contributed by atoms with Crippen LogP contribution in [0.3, 0.4) is 0 Å². The molecule has 0 aliphatic heterocycles. The first-order valence-corrected chi connectivity index (χ1v) is 3.13. The second-order valence-electron chi connectivity index (χ2n) is 1.66. The molecule has 14 heteroatoms. The minimum atomic E-state index is -2.14. The SMILES string of the molecule is O=BOB(O)OB(O)OB(O)OB=O. The van der Waals surface area contributed by atoms with E-state index in [4.69, 9.17) is 15.1 Å². The van der Waals surface area contributed by atoms with E-state index >= 15 is 0 Å². The van der Waals surface area contributed by atoms with Crippen LogP contribution in [0.1, 0.15) is 0 Å². The van der Waals surface area contributed by atoms with Gasteiger partial charge in [0.1, 0.15) is 0 Å². The molecular formula is H3B5O9. The van der Waals surface area contributed by atoms with Crippen molar-refractivity contribution in [1.82, 2.24) is 0 Å². The monoisotopic (exact) mass is 202 g/mol. The summed E-state index contributed by atoms with van der Waals surface area (Å²) in [6.45, 7) is 0. The average molecular weight is 201 g/mol. The van der Waals surface area contributed by atoms with Crippen molar-refractivity contribution in [2.75, 3.05) is 0 Å². The molecule has 9 nitrogen and oxygen atoms in total. The molecule has 0 bridgehead atoms. The molecule has 0 aliphatic carbocycles. The van der Waals surface area contributed by atoms with Gasteiger partial charge >= 0.3 is 79.4 Å². The second-order valence-corrected chi connectivity index (χ2v) is 1.66. The van der Waals surface area contributed by atoms with E-state index in [2.05, 4.69) is 18.3 Å². The maximum absolute atomic E-state index is 9.62. The first-order valence-electron chi connectivity index (χ1n) is 3.13. The molecule has 0 aromatic carbocycles. The Kier molecular flexibility index (Phi) is 7.33. The summed E-state index contributed by atoms with van der Waals surface area (Å²) in [6.07, 6.45) is 0. The molecule has 0 aliphatic rings. The molecule has 0 amide bonds. The summed E-state index contributed by atoms with van der Waals surface area (Å²) in [5.41, 5.74) is 0. The van der Waals surface area contributed by atoms with Crippen LogP contribution >= 0.6 is 0 Å². The van der Waals surface area contributed by atoms with Gasteiger partial charge in [0.05, 0.1) is 0 Å². The zero-order chi connectivity index (χ0) is 11.0. The van der Waals surface area contributed by atoms with Crippen molar-refractivity contribution in [2.45, 2.75) is 0 Å². The fourth-order valence-electron chi connectivity index (χ4n) is 0.390. The zero-order valence-corrected chi connectivity index (χ0v) is 6.68. The van der Waals surface area contributed by atoms with Gasteiger partial charge in [0.2, 0.25) is 0 Å². The van der Waals surface area contributed by atoms with Crippen LogP contribution in [-0.4, -0.2) is 51.7 Å². The predicted octanol–water partition coefficient (Wildman–Crippen LogP) is -4.09.